The largest absolute Gasteiger partial charge is 0.417 e. The highest BCUT2D eigenvalue weighted by atomic mass is 19.3. The zero-order valence-corrected chi connectivity index (χ0v) is 12.5. The molecule has 0 bridgehead atoms. The molecule has 0 unspecified atom stereocenters. The number of halogens is 2. The van der Waals surface area contributed by atoms with Crippen LogP contribution in [-0.2, 0) is 14.1 Å². The van der Waals surface area contributed by atoms with Crippen LogP contribution in [0.15, 0.2) is 6.07 Å². The summed E-state index contributed by atoms with van der Waals surface area (Å²) in [7, 11) is 3.19. The van der Waals surface area contributed by atoms with E-state index in [1.165, 1.54) is 13.1 Å². The Bertz CT molecular complexity index is 694. The highest BCUT2D eigenvalue weighted by Gasteiger charge is 2.15. The number of rotatable bonds is 4. The minimum Gasteiger partial charge on any atom is -0.417 e. The molecule has 0 atom stereocenters. The molecule has 2 rings (SSSR count). The van der Waals surface area contributed by atoms with Gasteiger partial charge in [-0.05, 0) is 13.8 Å². The number of carbonyl (C=O) groups excluding carboxylic acids is 1. The Morgan fingerprint density at radius 2 is 1.91 bits per heavy atom. The van der Waals surface area contributed by atoms with Gasteiger partial charge in [-0.1, -0.05) is 0 Å². The third kappa shape index (κ3) is 3.32. The zero-order chi connectivity index (χ0) is 16.4. The second-order valence-electron chi connectivity index (χ2n) is 4.62. The van der Waals surface area contributed by atoms with Crippen molar-refractivity contribution in [3.8, 4) is 5.88 Å². The van der Waals surface area contributed by atoms with Gasteiger partial charge in [0.25, 0.3) is 0 Å². The van der Waals surface area contributed by atoms with Crippen LogP contribution in [0.3, 0.4) is 0 Å². The Labute approximate surface area is 125 Å². The maximum atomic E-state index is 12.2. The van der Waals surface area contributed by atoms with E-state index in [1.54, 1.807) is 18.7 Å². The summed E-state index contributed by atoms with van der Waals surface area (Å²) in [6.07, 6.45) is 0. The summed E-state index contributed by atoms with van der Waals surface area (Å²) >= 11 is 0. The first-order valence-electron chi connectivity index (χ1n) is 6.35. The van der Waals surface area contributed by atoms with Gasteiger partial charge < -0.3 is 10.1 Å². The van der Waals surface area contributed by atoms with Gasteiger partial charge in [-0.2, -0.15) is 19.0 Å². The van der Waals surface area contributed by atoms with Gasteiger partial charge in [-0.15, -0.1) is 0 Å². The van der Waals surface area contributed by atoms with Crippen LogP contribution in [-0.4, -0.2) is 32.2 Å². The molecule has 22 heavy (non-hydrogen) atoms. The number of aromatic nitrogens is 4. The molecule has 0 spiro atoms. The molecule has 0 aliphatic rings. The van der Waals surface area contributed by atoms with Gasteiger partial charge in [0.05, 0.1) is 17.1 Å². The zero-order valence-electron chi connectivity index (χ0n) is 12.5. The Balaban J connectivity index is 2.06. The van der Waals surface area contributed by atoms with Gasteiger partial charge in [0.1, 0.15) is 0 Å². The van der Waals surface area contributed by atoms with E-state index in [2.05, 4.69) is 25.6 Å². The predicted octanol–water partition coefficient (Wildman–Crippen LogP) is 2.02. The topological polar surface area (TPSA) is 86.0 Å². The van der Waals surface area contributed by atoms with Gasteiger partial charge in [-0.3, -0.25) is 10.00 Å². The second-order valence-corrected chi connectivity index (χ2v) is 4.62. The van der Waals surface area contributed by atoms with E-state index < -0.39 is 12.6 Å². The minimum atomic E-state index is -2.96. The molecule has 0 saturated carbocycles. The molecule has 0 saturated heterocycles. The number of anilines is 2. The van der Waals surface area contributed by atoms with Crippen LogP contribution >= 0.6 is 0 Å². The summed E-state index contributed by atoms with van der Waals surface area (Å²) in [4.78, 5) is 11.9. The molecule has 0 aliphatic carbocycles. The first-order chi connectivity index (χ1) is 10.3. The van der Waals surface area contributed by atoms with Crippen LogP contribution < -0.4 is 15.4 Å². The van der Waals surface area contributed by atoms with Gasteiger partial charge in [0.15, 0.2) is 5.82 Å². The molecule has 2 heterocycles. The van der Waals surface area contributed by atoms with E-state index in [0.717, 1.165) is 10.4 Å². The quantitative estimate of drug-likeness (QED) is 0.904. The third-order valence-electron chi connectivity index (χ3n) is 3.04. The summed E-state index contributed by atoms with van der Waals surface area (Å²) in [6, 6.07) is 0.648. The first kappa shape index (κ1) is 15.7. The first-order valence-corrected chi connectivity index (χ1v) is 6.35. The Morgan fingerprint density at radius 3 is 2.45 bits per heavy atom. The Morgan fingerprint density at radius 1 is 1.23 bits per heavy atom. The molecule has 2 aromatic heterocycles. The number of hydrogen-bond acceptors (Lipinski definition) is 4. The van der Waals surface area contributed by atoms with Crippen molar-refractivity contribution < 1.29 is 18.3 Å². The number of nitrogens with one attached hydrogen (secondary N) is 2. The lowest BCUT2D eigenvalue weighted by molar-refractivity contribution is -0.0553. The normalized spacial score (nSPS) is 10.9. The van der Waals surface area contributed by atoms with Crippen molar-refractivity contribution in [2.45, 2.75) is 20.5 Å². The number of hydrogen-bond donors (Lipinski definition) is 2. The van der Waals surface area contributed by atoms with Crippen LogP contribution in [0.2, 0.25) is 0 Å². The predicted molar refractivity (Wildman–Crippen MR) is 75.2 cm³/mol. The Hall–Kier alpha value is -2.65. The number of alkyl halides is 2. The highest BCUT2D eigenvalue weighted by molar-refractivity contribution is 5.99. The lowest BCUT2D eigenvalue weighted by atomic mass is 10.3. The van der Waals surface area contributed by atoms with Gasteiger partial charge in [-0.25, -0.2) is 9.48 Å². The van der Waals surface area contributed by atoms with Crippen LogP contribution in [0.5, 0.6) is 5.88 Å². The van der Waals surface area contributed by atoms with Crippen molar-refractivity contribution in [2.75, 3.05) is 10.6 Å². The number of urea groups is 1. The van der Waals surface area contributed by atoms with E-state index in [-0.39, 0.29) is 11.7 Å². The smallest absolute Gasteiger partial charge is 0.388 e. The average Bonchev–Trinajstić information content (AvgIpc) is 2.84. The van der Waals surface area contributed by atoms with Crippen molar-refractivity contribution in [2.24, 2.45) is 14.1 Å². The van der Waals surface area contributed by atoms with Gasteiger partial charge in [0.2, 0.25) is 5.88 Å². The second kappa shape index (κ2) is 6.00. The maximum absolute atomic E-state index is 12.2. The number of aryl methyl sites for hydroxylation is 3. The standard InChI is InChI=1S/C12H16F2N6O2/c1-6-10(7(2)19(3)17-6)16-12(21)15-8-5-9(20(4)18-8)22-11(13)14/h5,11H,1-4H3,(H2,15,16,18,21). The van der Waals surface area contributed by atoms with E-state index in [4.69, 9.17) is 0 Å². The van der Waals surface area contributed by atoms with E-state index in [1.807, 2.05) is 6.92 Å². The van der Waals surface area contributed by atoms with E-state index >= 15 is 0 Å². The van der Waals surface area contributed by atoms with Crippen molar-refractivity contribution in [1.29, 1.82) is 0 Å². The third-order valence-corrected chi connectivity index (χ3v) is 3.04. The molecule has 0 radical (unpaired) electrons. The molecule has 2 aromatic rings. The molecule has 120 valence electrons. The van der Waals surface area contributed by atoms with Crippen LogP contribution in [0.1, 0.15) is 11.4 Å². The fourth-order valence-corrected chi connectivity index (χ4v) is 1.93. The van der Waals surface area contributed by atoms with Crippen molar-refractivity contribution in [3.63, 3.8) is 0 Å². The molecule has 0 aromatic carbocycles. The summed E-state index contributed by atoms with van der Waals surface area (Å²) in [6.45, 7) is 0.612. The summed E-state index contributed by atoms with van der Waals surface area (Å²) in [5.41, 5.74) is 2.04. The van der Waals surface area contributed by atoms with Crippen molar-refractivity contribution >= 4 is 17.5 Å². The SMILES string of the molecule is Cc1nn(C)c(C)c1NC(=O)Nc1cc(OC(F)F)n(C)n1. The van der Waals surface area contributed by atoms with Crippen LogP contribution in [0.25, 0.3) is 0 Å². The summed E-state index contributed by atoms with van der Waals surface area (Å²) in [5, 5.41) is 13.1. The fraction of sp³-hybridized carbons (Fsp3) is 0.417. The molecular formula is C12H16F2N6O2. The van der Waals surface area contributed by atoms with Crippen molar-refractivity contribution in [3.05, 3.63) is 17.5 Å². The number of nitrogens with zero attached hydrogens (tertiary/aromatic N) is 4. The number of ether oxygens (including phenoxy) is 1. The maximum Gasteiger partial charge on any atom is 0.388 e. The lowest BCUT2D eigenvalue weighted by Crippen LogP contribution is -2.20. The molecule has 10 heteroatoms. The van der Waals surface area contributed by atoms with Crippen molar-refractivity contribution in [1.82, 2.24) is 19.6 Å². The molecule has 2 N–H and O–H groups in total. The van der Waals surface area contributed by atoms with Crippen LogP contribution in [0.4, 0.5) is 25.1 Å². The average molecular weight is 314 g/mol. The molecular weight excluding hydrogens is 298 g/mol. The summed E-state index contributed by atoms with van der Waals surface area (Å²) < 4.78 is 31.3. The fourth-order valence-electron chi connectivity index (χ4n) is 1.93. The minimum absolute atomic E-state index is 0.0925. The molecule has 2 amide bonds. The van der Waals surface area contributed by atoms with E-state index in [0.29, 0.717) is 11.4 Å². The lowest BCUT2D eigenvalue weighted by Gasteiger charge is -2.05. The molecule has 0 fully saturated rings. The van der Waals surface area contributed by atoms with Gasteiger partial charge >= 0.3 is 12.6 Å². The van der Waals surface area contributed by atoms with E-state index in [9.17, 15) is 13.6 Å². The molecule has 8 nitrogen and oxygen atoms in total. The highest BCUT2D eigenvalue weighted by Crippen LogP contribution is 2.20. The molecule has 0 aliphatic heterocycles. The van der Waals surface area contributed by atoms with Gasteiger partial charge in [0, 0.05) is 20.2 Å². The van der Waals surface area contributed by atoms with Crippen LogP contribution in [0, 0.1) is 13.8 Å². The summed E-state index contributed by atoms with van der Waals surface area (Å²) in [5.74, 6) is -0.0612. The number of carbonyl (C=O) groups is 1. The number of amides is 2. The monoisotopic (exact) mass is 314 g/mol. The Kier molecular flexibility index (Phi) is 4.29.